The maximum atomic E-state index is 12.5. The summed E-state index contributed by atoms with van der Waals surface area (Å²) < 4.78 is 6.03. The number of aliphatic hydroxyl groups excluding tert-OH is 1. The third kappa shape index (κ3) is 6.69. The number of hydrogen-bond donors (Lipinski definition) is 4. The van der Waals surface area contributed by atoms with Crippen LogP contribution in [0.25, 0.3) is 0 Å². The molecule has 1 aliphatic rings. The molecule has 0 fully saturated rings. The van der Waals surface area contributed by atoms with Gasteiger partial charge in [-0.05, 0) is 90.6 Å². The number of nitrogens with one attached hydrogen (secondary N) is 2. The summed E-state index contributed by atoms with van der Waals surface area (Å²) in [5.41, 5.74) is 3.71. The molecule has 0 bridgehead atoms. The highest BCUT2D eigenvalue weighted by Crippen LogP contribution is 2.31. The van der Waals surface area contributed by atoms with Crippen molar-refractivity contribution < 1.29 is 24.5 Å². The number of fused-ring (bicyclic) bond motifs is 1. The van der Waals surface area contributed by atoms with E-state index >= 15 is 0 Å². The second kappa shape index (κ2) is 12.3. The fraction of sp³-hybridized carbons (Fsp3) is 0.188. The van der Waals surface area contributed by atoms with Gasteiger partial charge in [0.25, 0.3) is 5.91 Å². The highest BCUT2D eigenvalue weighted by Gasteiger charge is 2.21. The van der Waals surface area contributed by atoms with Crippen LogP contribution in [0.5, 0.6) is 11.5 Å². The number of ether oxygens (including phenoxy) is 1. The highest BCUT2D eigenvalue weighted by molar-refractivity contribution is 6.30. The summed E-state index contributed by atoms with van der Waals surface area (Å²) in [5, 5.41) is 27.1. The van der Waals surface area contributed by atoms with E-state index in [9.17, 15) is 19.8 Å². The molecule has 40 heavy (non-hydrogen) atoms. The molecule has 0 aliphatic heterocycles. The summed E-state index contributed by atoms with van der Waals surface area (Å²) in [6.07, 6.45) is 1.98. The second-order valence-electron chi connectivity index (χ2n) is 9.78. The van der Waals surface area contributed by atoms with Crippen molar-refractivity contribution in [2.24, 2.45) is 0 Å². The molecule has 204 valence electrons. The minimum atomic E-state index is -1.17. The molecule has 0 radical (unpaired) electrons. The fourth-order valence-corrected chi connectivity index (χ4v) is 5.07. The van der Waals surface area contributed by atoms with E-state index in [1.54, 1.807) is 48.5 Å². The van der Waals surface area contributed by atoms with Gasteiger partial charge in [0, 0.05) is 23.2 Å². The van der Waals surface area contributed by atoms with E-state index in [0.717, 1.165) is 30.4 Å². The van der Waals surface area contributed by atoms with E-state index in [2.05, 4.69) is 10.6 Å². The normalized spacial score (nSPS) is 15.1. The SMILES string of the molecule is O=C(Nc1ccc(Oc2ccc3c(c2)C[C@@H](NC[C@@H](O)c2cccc(Cl)c2)CC3)cc1C(=O)O)c1ccccc1. The standard InChI is InChI=1S/C32H29ClN2O5/c33-24-8-4-7-22(15-24)30(36)19-34-25-11-9-20-10-12-26(17-23(20)16-25)40-27-13-14-29(28(18-27)32(38)39)35-31(37)21-5-2-1-3-6-21/h1-8,10,12-15,17-18,25,30,34,36H,9,11,16,19H2,(H,35,37)(H,38,39)/t25-,30+/m0/s1. The summed E-state index contributed by atoms with van der Waals surface area (Å²) in [4.78, 5) is 24.5. The van der Waals surface area contributed by atoms with Crippen molar-refractivity contribution in [3.63, 3.8) is 0 Å². The second-order valence-corrected chi connectivity index (χ2v) is 10.2. The number of hydrogen-bond acceptors (Lipinski definition) is 5. The van der Waals surface area contributed by atoms with Gasteiger partial charge in [-0.25, -0.2) is 4.79 Å². The van der Waals surface area contributed by atoms with Gasteiger partial charge in [-0.15, -0.1) is 0 Å². The molecular weight excluding hydrogens is 528 g/mol. The minimum absolute atomic E-state index is 0.0673. The van der Waals surface area contributed by atoms with E-state index in [4.69, 9.17) is 16.3 Å². The molecule has 0 spiro atoms. The molecule has 0 saturated carbocycles. The average Bonchev–Trinajstić information content (AvgIpc) is 2.96. The zero-order chi connectivity index (χ0) is 28.1. The lowest BCUT2D eigenvalue weighted by atomic mass is 9.88. The number of carbonyl (C=O) groups is 2. The molecule has 4 aromatic carbocycles. The Morgan fingerprint density at radius 2 is 1.70 bits per heavy atom. The third-order valence-corrected chi connectivity index (χ3v) is 7.22. The number of aryl methyl sites for hydroxylation is 1. The van der Waals surface area contributed by atoms with Crippen LogP contribution < -0.4 is 15.4 Å². The van der Waals surface area contributed by atoms with Crippen LogP contribution in [0.4, 0.5) is 5.69 Å². The number of carbonyl (C=O) groups excluding carboxylic acids is 1. The Morgan fingerprint density at radius 1 is 0.925 bits per heavy atom. The smallest absolute Gasteiger partial charge is 0.337 e. The number of amides is 1. The van der Waals surface area contributed by atoms with Crippen LogP contribution in [-0.4, -0.2) is 34.7 Å². The summed E-state index contributed by atoms with van der Waals surface area (Å²) >= 11 is 6.05. The average molecular weight is 557 g/mol. The number of rotatable bonds is 9. The highest BCUT2D eigenvalue weighted by atomic mass is 35.5. The summed E-state index contributed by atoms with van der Waals surface area (Å²) in [6.45, 7) is 0.418. The number of carboxylic acid groups (broad SMARTS) is 1. The van der Waals surface area contributed by atoms with E-state index < -0.39 is 18.0 Å². The van der Waals surface area contributed by atoms with Gasteiger partial charge in [0.05, 0.1) is 17.4 Å². The Balaban J connectivity index is 1.24. The molecule has 4 N–H and O–H groups in total. The van der Waals surface area contributed by atoms with Crippen molar-refractivity contribution in [2.75, 3.05) is 11.9 Å². The molecule has 0 saturated heterocycles. The van der Waals surface area contributed by atoms with Crippen LogP contribution in [0.2, 0.25) is 5.02 Å². The Morgan fingerprint density at radius 3 is 2.48 bits per heavy atom. The van der Waals surface area contributed by atoms with Gasteiger partial charge in [-0.2, -0.15) is 0 Å². The lowest BCUT2D eigenvalue weighted by Crippen LogP contribution is -2.37. The first kappa shape index (κ1) is 27.4. The van der Waals surface area contributed by atoms with Crippen molar-refractivity contribution in [3.8, 4) is 11.5 Å². The van der Waals surface area contributed by atoms with Crippen molar-refractivity contribution in [2.45, 2.75) is 31.4 Å². The molecule has 2 atom stereocenters. The van der Waals surface area contributed by atoms with Crippen molar-refractivity contribution >= 4 is 29.2 Å². The molecule has 0 aromatic heterocycles. The zero-order valence-electron chi connectivity index (χ0n) is 21.6. The maximum absolute atomic E-state index is 12.5. The van der Waals surface area contributed by atoms with Crippen molar-refractivity contribution in [3.05, 3.63) is 124 Å². The molecule has 1 amide bonds. The van der Waals surface area contributed by atoms with E-state index in [-0.39, 0.29) is 17.3 Å². The van der Waals surface area contributed by atoms with Gasteiger partial charge in [0.15, 0.2) is 0 Å². The van der Waals surface area contributed by atoms with Gasteiger partial charge in [0.1, 0.15) is 11.5 Å². The van der Waals surface area contributed by atoms with E-state index in [1.807, 2.05) is 30.3 Å². The van der Waals surface area contributed by atoms with E-state index in [0.29, 0.717) is 28.6 Å². The Labute approximate surface area is 237 Å². The van der Waals surface area contributed by atoms with Crippen LogP contribution in [0.1, 0.15) is 49.9 Å². The Hall–Kier alpha value is -4.17. The summed E-state index contributed by atoms with van der Waals surface area (Å²) in [7, 11) is 0. The molecule has 0 unspecified atom stereocenters. The van der Waals surface area contributed by atoms with Gasteiger partial charge in [-0.1, -0.05) is 48.0 Å². The maximum Gasteiger partial charge on any atom is 0.337 e. The molecular formula is C32H29ClN2O5. The van der Waals surface area contributed by atoms with Crippen molar-refractivity contribution in [1.82, 2.24) is 5.32 Å². The quantitative estimate of drug-likeness (QED) is 0.194. The van der Waals surface area contributed by atoms with Crippen LogP contribution in [0.15, 0.2) is 91.0 Å². The third-order valence-electron chi connectivity index (χ3n) is 6.98. The van der Waals surface area contributed by atoms with E-state index in [1.165, 1.54) is 17.7 Å². The Kier molecular flexibility index (Phi) is 8.45. The summed E-state index contributed by atoms with van der Waals surface area (Å²) in [5.74, 6) is -0.621. The molecule has 8 heteroatoms. The predicted octanol–water partition coefficient (Wildman–Crippen LogP) is 6.26. The van der Waals surface area contributed by atoms with Gasteiger partial charge < -0.3 is 25.6 Å². The lowest BCUT2D eigenvalue weighted by molar-refractivity contribution is 0.0697. The number of anilines is 1. The number of aliphatic hydroxyl groups is 1. The van der Waals surface area contributed by atoms with Crippen LogP contribution >= 0.6 is 11.6 Å². The molecule has 5 rings (SSSR count). The van der Waals surface area contributed by atoms with Gasteiger partial charge >= 0.3 is 5.97 Å². The first-order valence-corrected chi connectivity index (χ1v) is 13.4. The Bertz CT molecular complexity index is 1530. The molecule has 4 aromatic rings. The lowest BCUT2D eigenvalue weighted by Gasteiger charge is -2.27. The number of aromatic carboxylic acids is 1. The number of benzene rings is 4. The predicted molar refractivity (Wildman–Crippen MR) is 155 cm³/mol. The van der Waals surface area contributed by atoms with Gasteiger partial charge in [0.2, 0.25) is 0 Å². The first-order chi connectivity index (χ1) is 19.4. The van der Waals surface area contributed by atoms with Crippen LogP contribution in [0.3, 0.4) is 0 Å². The molecule has 1 aliphatic carbocycles. The number of halogens is 1. The number of carboxylic acids is 1. The largest absolute Gasteiger partial charge is 0.478 e. The monoisotopic (exact) mass is 556 g/mol. The van der Waals surface area contributed by atoms with Crippen LogP contribution in [0, 0.1) is 0 Å². The fourth-order valence-electron chi connectivity index (χ4n) is 4.87. The molecule has 7 nitrogen and oxygen atoms in total. The topological polar surface area (TPSA) is 108 Å². The van der Waals surface area contributed by atoms with Crippen LogP contribution in [-0.2, 0) is 12.8 Å². The van der Waals surface area contributed by atoms with Gasteiger partial charge in [-0.3, -0.25) is 4.79 Å². The zero-order valence-corrected chi connectivity index (χ0v) is 22.4. The first-order valence-electron chi connectivity index (χ1n) is 13.1. The minimum Gasteiger partial charge on any atom is -0.478 e. The van der Waals surface area contributed by atoms with Crippen molar-refractivity contribution in [1.29, 1.82) is 0 Å². The molecule has 0 heterocycles. The summed E-state index contributed by atoms with van der Waals surface area (Å²) in [6, 6.07) is 26.5.